The number of rotatable bonds is 9. The second-order valence-corrected chi connectivity index (χ2v) is 9.08. The minimum Gasteiger partial charge on any atom is -0.381 e. The minimum absolute atomic E-state index is 0.112. The summed E-state index contributed by atoms with van der Waals surface area (Å²) in [6.07, 6.45) is -6.42. The number of amides is 2. The molecule has 1 aromatic heterocycles. The third-order valence-corrected chi connectivity index (χ3v) is 6.49. The molecule has 9 nitrogen and oxygen atoms in total. The predicted molar refractivity (Wildman–Crippen MR) is 147 cm³/mol. The first-order chi connectivity index (χ1) is 19.0. The Morgan fingerprint density at radius 1 is 1.02 bits per heavy atom. The highest BCUT2D eigenvalue weighted by Crippen LogP contribution is 2.31. The SMILES string of the molecule is CCN(CC)c1ccc(C(=O)NC(c2ccc(C(F)(F)F)cc2)C(O)C(=O)Nc2ccc3nc(N)[nH]c3c2)cc1. The number of nitrogens with two attached hydrogens (primary N) is 1. The number of nitrogens with zero attached hydrogens (tertiary/aromatic N) is 2. The molecule has 12 heteroatoms. The number of aromatic amines is 1. The number of imidazole rings is 1. The van der Waals surface area contributed by atoms with Crippen LogP contribution in [0.25, 0.3) is 11.0 Å². The Morgan fingerprint density at radius 3 is 2.27 bits per heavy atom. The van der Waals surface area contributed by atoms with E-state index in [2.05, 4.69) is 25.5 Å². The first kappa shape index (κ1) is 28.4. The van der Waals surface area contributed by atoms with Gasteiger partial charge in [0.15, 0.2) is 12.1 Å². The fraction of sp³-hybridized carbons (Fsp3) is 0.250. The Kier molecular flexibility index (Phi) is 8.29. The second-order valence-electron chi connectivity index (χ2n) is 9.08. The number of carbonyl (C=O) groups excluding carboxylic acids is 2. The molecule has 0 aliphatic heterocycles. The van der Waals surface area contributed by atoms with Crippen LogP contribution in [0.3, 0.4) is 0 Å². The Morgan fingerprint density at radius 2 is 1.68 bits per heavy atom. The van der Waals surface area contributed by atoms with Gasteiger partial charge in [-0.1, -0.05) is 12.1 Å². The first-order valence-corrected chi connectivity index (χ1v) is 12.6. The molecule has 0 aliphatic rings. The van der Waals surface area contributed by atoms with Crippen molar-refractivity contribution in [3.63, 3.8) is 0 Å². The molecule has 3 aromatic carbocycles. The quantitative estimate of drug-likeness (QED) is 0.207. The zero-order valence-corrected chi connectivity index (χ0v) is 21.8. The summed E-state index contributed by atoms with van der Waals surface area (Å²) in [6.45, 7) is 5.57. The lowest BCUT2D eigenvalue weighted by Gasteiger charge is -2.25. The number of nitrogens with one attached hydrogen (secondary N) is 3. The van der Waals surface area contributed by atoms with Gasteiger partial charge in [0, 0.05) is 30.0 Å². The highest BCUT2D eigenvalue weighted by molar-refractivity contribution is 5.98. The van der Waals surface area contributed by atoms with E-state index in [0.717, 1.165) is 43.0 Å². The topological polar surface area (TPSA) is 136 Å². The van der Waals surface area contributed by atoms with Gasteiger partial charge in [-0.3, -0.25) is 9.59 Å². The molecule has 0 radical (unpaired) electrons. The largest absolute Gasteiger partial charge is 0.416 e. The summed E-state index contributed by atoms with van der Waals surface area (Å²) in [5.74, 6) is -1.31. The van der Waals surface area contributed by atoms with Crippen molar-refractivity contribution in [2.75, 3.05) is 29.0 Å². The van der Waals surface area contributed by atoms with Crippen molar-refractivity contribution >= 4 is 40.2 Å². The van der Waals surface area contributed by atoms with Crippen LogP contribution in [0.2, 0.25) is 0 Å². The van der Waals surface area contributed by atoms with E-state index in [1.54, 1.807) is 42.5 Å². The summed E-state index contributed by atoms with van der Waals surface area (Å²) < 4.78 is 39.4. The summed E-state index contributed by atoms with van der Waals surface area (Å²) >= 11 is 0. The van der Waals surface area contributed by atoms with Crippen molar-refractivity contribution < 1.29 is 27.9 Å². The van der Waals surface area contributed by atoms with Gasteiger partial charge in [0.25, 0.3) is 11.8 Å². The number of halogens is 3. The van der Waals surface area contributed by atoms with E-state index in [4.69, 9.17) is 5.73 Å². The summed E-state index contributed by atoms with van der Waals surface area (Å²) in [5, 5.41) is 16.2. The lowest BCUT2D eigenvalue weighted by atomic mass is 9.98. The number of hydrogen-bond acceptors (Lipinski definition) is 6. The van der Waals surface area contributed by atoms with Gasteiger partial charge in [-0.25, -0.2) is 4.98 Å². The number of carbonyl (C=O) groups is 2. The zero-order valence-electron chi connectivity index (χ0n) is 21.8. The summed E-state index contributed by atoms with van der Waals surface area (Å²) in [7, 11) is 0. The van der Waals surface area contributed by atoms with Gasteiger partial charge < -0.3 is 31.4 Å². The van der Waals surface area contributed by atoms with Gasteiger partial charge >= 0.3 is 6.18 Å². The summed E-state index contributed by atoms with van der Waals surface area (Å²) in [4.78, 5) is 35.2. The van der Waals surface area contributed by atoms with Gasteiger partial charge in [0.1, 0.15) is 0 Å². The monoisotopic (exact) mass is 554 g/mol. The van der Waals surface area contributed by atoms with E-state index in [0.29, 0.717) is 16.7 Å². The molecule has 210 valence electrons. The predicted octanol–water partition coefficient (Wildman–Crippen LogP) is 4.48. The van der Waals surface area contributed by atoms with E-state index < -0.39 is 35.7 Å². The number of anilines is 3. The molecule has 0 aliphatic carbocycles. The zero-order chi connectivity index (χ0) is 29.0. The van der Waals surface area contributed by atoms with E-state index in [9.17, 15) is 27.9 Å². The number of nitrogen functional groups attached to an aromatic ring is 1. The van der Waals surface area contributed by atoms with Crippen LogP contribution < -0.4 is 21.3 Å². The molecule has 0 fully saturated rings. The van der Waals surface area contributed by atoms with Crippen LogP contribution in [0.5, 0.6) is 0 Å². The Bertz CT molecular complexity index is 1480. The van der Waals surface area contributed by atoms with Gasteiger partial charge in [-0.2, -0.15) is 13.2 Å². The molecular formula is C28H29F3N6O3. The molecule has 2 amide bonds. The average Bonchev–Trinajstić information content (AvgIpc) is 3.31. The number of alkyl halides is 3. The van der Waals surface area contributed by atoms with Crippen LogP contribution in [0.1, 0.15) is 41.4 Å². The number of H-pyrrole nitrogens is 1. The smallest absolute Gasteiger partial charge is 0.381 e. The third-order valence-electron chi connectivity index (χ3n) is 6.49. The number of aliphatic hydroxyl groups is 1. The maximum Gasteiger partial charge on any atom is 0.416 e. The van der Waals surface area contributed by atoms with Gasteiger partial charge in [-0.05, 0) is 74.0 Å². The van der Waals surface area contributed by atoms with Gasteiger partial charge in [0.2, 0.25) is 0 Å². The molecule has 6 N–H and O–H groups in total. The average molecular weight is 555 g/mol. The fourth-order valence-electron chi connectivity index (χ4n) is 4.34. The number of fused-ring (bicyclic) bond motifs is 1. The lowest BCUT2D eigenvalue weighted by Crippen LogP contribution is -2.42. The summed E-state index contributed by atoms with van der Waals surface area (Å²) in [6, 6.07) is 14.0. The maximum absolute atomic E-state index is 13.1. The van der Waals surface area contributed by atoms with Crippen molar-refractivity contribution in [1.82, 2.24) is 15.3 Å². The van der Waals surface area contributed by atoms with Crippen LogP contribution >= 0.6 is 0 Å². The molecule has 2 atom stereocenters. The molecular weight excluding hydrogens is 525 g/mol. The number of hydrogen-bond donors (Lipinski definition) is 5. The molecule has 0 saturated heterocycles. The third kappa shape index (κ3) is 6.34. The van der Waals surface area contributed by atoms with Crippen molar-refractivity contribution in [2.24, 2.45) is 0 Å². The number of aliphatic hydroxyl groups excluding tert-OH is 1. The normalized spacial score (nSPS) is 13.1. The first-order valence-electron chi connectivity index (χ1n) is 12.6. The van der Waals surface area contributed by atoms with E-state index in [-0.39, 0.29) is 17.1 Å². The van der Waals surface area contributed by atoms with Crippen LogP contribution in [-0.4, -0.2) is 46.1 Å². The van der Waals surface area contributed by atoms with Crippen molar-refractivity contribution in [3.8, 4) is 0 Å². The number of aromatic nitrogens is 2. The van der Waals surface area contributed by atoms with Crippen LogP contribution in [0.4, 0.5) is 30.5 Å². The molecule has 0 saturated carbocycles. The maximum atomic E-state index is 13.1. The van der Waals surface area contributed by atoms with Gasteiger partial charge in [-0.15, -0.1) is 0 Å². The molecule has 2 unspecified atom stereocenters. The van der Waals surface area contributed by atoms with Crippen molar-refractivity contribution in [1.29, 1.82) is 0 Å². The summed E-state index contributed by atoms with van der Waals surface area (Å²) in [5.41, 5.74) is 7.45. The molecule has 4 aromatic rings. The molecule has 40 heavy (non-hydrogen) atoms. The highest BCUT2D eigenvalue weighted by atomic mass is 19.4. The minimum atomic E-state index is -4.57. The Labute approximate surface area is 228 Å². The molecule has 1 heterocycles. The van der Waals surface area contributed by atoms with Crippen molar-refractivity contribution in [2.45, 2.75) is 32.2 Å². The van der Waals surface area contributed by atoms with Crippen LogP contribution in [0, 0.1) is 0 Å². The lowest BCUT2D eigenvalue weighted by molar-refractivity contribution is -0.137. The van der Waals surface area contributed by atoms with Gasteiger partial charge in [0.05, 0.1) is 22.6 Å². The highest BCUT2D eigenvalue weighted by Gasteiger charge is 2.33. The van der Waals surface area contributed by atoms with E-state index in [1.807, 2.05) is 13.8 Å². The second kappa shape index (κ2) is 11.7. The van der Waals surface area contributed by atoms with Crippen LogP contribution in [-0.2, 0) is 11.0 Å². The molecule has 0 spiro atoms. The molecule has 4 rings (SSSR count). The Balaban J connectivity index is 1.59. The van der Waals surface area contributed by atoms with E-state index in [1.165, 1.54) is 0 Å². The van der Waals surface area contributed by atoms with Crippen molar-refractivity contribution in [3.05, 3.63) is 83.4 Å². The van der Waals surface area contributed by atoms with Crippen LogP contribution in [0.15, 0.2) is 66.7 Å². The standard InChI is InChI=1S/C28H29F3N6O3/c1-3-37(4-2)20-12-7-17(8-13-20)25(39)36-23(16-5-9-18(10-6-16)28(29,30)31)24(38)26(40)33-19-11-14-21-22(15-19)35-27(32)34-21/h5-15,23-24,38H,3-4H2,1-2H3,(H,33,40)(H,36,39)(H3,32,34,35). The van der Waals surface area contributed by atoms with E-state index >= 15 is 0 Å². The molecule has 0 bridgehead atoms. The number of benzene rings is 3. The Hall–Kier alpha value is -4.58. The fourth-order valence-corrected chi connectivity index (χ4v) is 4.34.